The fourth-order valence-electron chi connectivity index (χ4n) is 1.63. The van der Waals surface area contributed by atoms with Crippen molar-refractivity contribution >= 4 is 47.6 Å². The molecule has 2 aromatic rings. The Hall–Kier alpha value is -0.890. The molecule has 2 rings (SSSR count). The Morgan fingerprint density at radius 1 is 1.10 bits per heavy atom. The van der Waals surface area contributed by atoms with Crippen LogP contribution in [0, 0.1) is 0 Å². The first-order chi connectivity index (χ1) is 9.42. The fourth-order valence-corrected chi connectivity index (χ4v) is 4.18. The van der Waals surface area contributed by atoms with Crippen LogP contribution in [0.5, 0.6) is 0 Å². The second kappa shape index (κ2) is 6.26. The number of aliphatic hydroxyl groups is 1. The van der Waals surface area contributed by atoms with Crippen molar-refractivity contribution in [2.75, 3.05) is 4.72 Å². The fraction of sp³-hybridized carbons (Fsp3) is 0.0769. The summed E-state index contributed by atoms with van der Waals surface area (Å²) >= 11 is 6.48. The Morgan fingerprint density at radius 3 is 2.55 bits per heavy atom. The van der Waals surface area contributed by atoms with Crippen LogP contribution < -0.4 is 4.72 Å². The molecule has 2 N–H and O–H groups in total. The highest BCUT2D eigenvalue weighted by Crippen LogP contribution is 2.27. The van der Waals surface area contributed by atoms with Crippen molar-refractivity contribution in [2.24, 2.45) is 0 Å². The van der Waals surface area contributed by atoms with Crippen molar-refractivity contribution in [3.63, 3.8) is 0 Å². The molecule has 0 aromatic heterocycles. The molecule has 20 heavy (non-hydrogen) atoms. The van der Waals surface area contributed by atoms with E-state index in [0.717, 1.165) is 0 Å². The highest BCUT2D eigenvalue weighted by Gasteiger charge is 2.18. The molecule has 4 nitrogen and oxygen atoms in total. The molecule has 0 amide bonds. The van der Waals surface area contributed by atoms with Crippen LogP contribution in [0.25, 0.3) is 0 Å². The molecule has 0 radical (unpaired) electrons. The summed E-state index contributed by atoms with van der Waals surface area (Å²) in [6.07, 6.45) is 0. The van der Waals surface area contributed by atoms with E-state index in [-0.39, 0.29) is 11.5 Å². The quantitative estimate of drug-likeness (QED) is 0.795. The zero-order valence-electron chi connectivity index (χ0n) is 10.2. The number of hydrogen-bond donors (Lipinski definition) is 2. The number of aliphatic hydroxyl groups excluding tert-OH is 1. The lowest BCUT2D eigenvalue weighted by Gasteiger charge is -2.10. The lowest BCUT2D eigenvalue weighted by Crippen LogP contribution is -2.13. The molecule has 0 fully saturated rings. The van der Waals surface area contributed by atoms with E-state index in [1.807, 2.05) is 0 Å². The zero-order chi connectivity index (χ0) is 14.8. The lowest BCUT2D eigenvalue weighted by molar-refractivity contribution is 0.282. The second-order valence-electron chi connectivity index (χ2n) is 4.04. The van der Waals surface area contributed by atoms with E-state index < -0.39 is 10.0 Å². The molecule has 106 valence electrons. The monoisotopic (exact) mass is 419 g/mol. The summed E-state index contributed by atoms with van der Waals surface area (Å²) in [5, 5.41) is 9.07. The largest absolute Gasteiger partial charge is 0.392 e. The van der Waals surface area contributed by atoms with E-state index in [1.165, 1.54) is 6.07 Å². The van der Waals surface area contributed by atoms with E-state index in [0.29, 0.717) is 20.2 Å². The van der Waals surface area contributed by atoms with Gasteiger partial charge in [0.25, 0.3) is 10.0 Å². The summed E-state index contributed by atoms with van der Waals surface area (Å²) in [5.41, 5.74) is 1.04. The summed E-state index contributed by atoms with van der Waals surface area (Å²) in [6.45, 7) is -0.143. The lowest BCUT2D eigenvalue weighted by atomic mass is 10.2. The van der Waals surface area contributed by atoms with Crippen LogP contribution >= 0.6 is 31.9 Å². The van der Waals surface area contributed by atoms with Gasteiger partial charge in [-0.15, -0.1) is 0 Å². The van der Waals surface area contributed by atoms with Crippen LogP contribution in [-0.2, 0) is 16.6 Å². The van der Waals surface area contributed by atoms with Gasteiger partial charge in [0.15, 0.2) is 0 Å². The van der Waals surface area contributed by atoms with Gasteiger partial charge in [0, 0.05) is 14.6 Å². The van der Waals surface area contributed by atoms with Crippen molar-refractivity contribution in [2.45, 2.75) is 11.5 Å². The molecule has 7 heteroatoms. The van der Waals surface area contributed by atoms with Gasteiger partial charge in [0.05, 0.1) is 6.61 Å². The zero-order valence-corrected chi connectivity index (χ0v) is 14.2. The van der Waals surface area contributed by atoms with Crippen molar-refractivity contribution < 1.29 is 13.5 Å². The smallest absolute Gasteiger partial charge is 0.263 e. The minimum absolute atomic E-state index is 0.140. The number of rotatable bonds is 4. The maximum absolute atomic E-state index is 12.3. The van der Waals surface area contributed by atoms with Crippen molar-refractivity contribution in [1.29, 1.82) is 0 Å². The third-order valence-electron chi connectivity index (χ3n) is 2.54. The van der Waals surface area contributed by atoms with Crippen LogP contribution in [0.1, 0.15) is 5.56 Å². The van der Waals surface area contributed by atoms with Gasteiger partial charge in [0.1, 0.15) is 4.90 Å². The number of sulfonamides is 1. The normalized spacial score (nSPS) is 11.3. The van der Waals surface area contributed by atoms with Crippen molar-refractivity contribution in [3.05, 3.63) is 57.0 Å². The molecule has 0 atom stereocenters. The standard InChI is InChI=1S/C13H11Br2NO3S/c14-10-4-5-12(15)13(7-10)20(18,19)16-11-3-1-2-9(6-11)8-17/h1-7,16-17H,8H2. The minimum Gasteiger partial charge on any atom is -0.392 e. The first-order valence-electron chi connectivity index (χ1n) is 5.60. The van der Waals surface area contributed by atoms with Gasteiger partial charge in [0.2, 0.25) is 0 Å². The van der Waals surface area contributed by atoms with E-state index in [9.17, 15) is 8.42 Å². The van der Waals surface area contributed by atoms with Crippen LogP contribution in [-0.4, -0.2) is 13.5 Å². The summed E-state index contributed by atoms with van der Waals surface area (Å²) in [7, 11) is -3.70. The van der Waals surface area contributed by atoms with Gasteiger partial charge in [-0.05, 0) is 51.8 Å². The minimum atomic E-state index is -3.70. The summed E-state index contributed by atoms with van der Waals surface area (Å²) in [4.78, 5) is 0.140. The SMILES string of the molecule is O=S(=O)(Nc1cccc(CO)c1)c1cc(Br)ccc1Br. The van der Waals surface area contributed by atoms with E-state index >= 15 is 0 Å². The Labute approximate surface area is 134 Å². The topological polar surface area (TPSA) is 66.4 Å². The van der Waals surface area contributed by atoms with Crippen LogP contribution in [0.3, 0.4) is 0 Å². The number of benzene rings is 2. The predicted octanol–water partition coefficient (Wildman–Crippen LogP) is 3.50. The van der Waals surface area contributed by atoms with Gasteiger partial charge >= 0.3 is 0 Å². The third kappa shape index (κ3) is 3.60. The number of nitrogens with one attached hydrogen (secondary N) is 1. The molecule has 0 saturated carbocycles. The summed E-state index contributed by atoms with van der Waals surface area (Å²) < 4.78 is 28.3. The van der Waals surface area contributed by atoms with E-state index in [2.05, 4.69) is 36.6 Å². The molecule has 0 bridgehead atoms. The van der Waals surface area contributed by atoms with Gasteiger partial charge in [-0.25, -0.2) is 8.42 Å². The van der Waals surface area contributed by atoms with Crippen LogP contribution in [0.2, 0.25) is 0 Å². The molecule has 0 unspecified atom stereocenters. The van der Waals surface area contributed by atoms with E-state index in [4.69, 9.17) is 5.11 Å². The Balaban J connectivity index is 2.38. The first kappa shape index (κ1) is 15.5. The van der Waals surface area contributed by atoms with Gasteiger partial charge in [-0.3, -0.25) is 4.72 Å². The third-order valence-corrected chi connectivity index (χ3v) is 5.41. The molecular weight excluding hydrogens is 410 g/mol. The highest BCUT2D eigenvalue weighted by molar-refractivity contribution is 9.11. The molecular formula is C13H11Br2NO3S. The maximum atomic E-state index is 12.3. The number of hydrogen-bond acceptors (Lipinski definition) is 3. The molecule has 0 spiro atoms. The van der Waals surface area contributed by atoms with E-state index in [1.54, 1.807) is 36.4 Å². The van der Waals surface area contributed by atoms with Crippen molar-refractivity contribution in [3.8, 4) is 0 Å². The Bertz CT molecular complexity index is 732. The predicted molar refractivity (Wildman–Crippen MR) is 85.0 cm³/mol. The highest BCUT2D eigenvalue weighted by atomic mass is 79.9. The molecule has 0 aliphatic carbocycles. The maximum Gasteiger partial charge on any atom is 0.263 e. The molecule has 0 aliphatic rings. The van der Waals surface area contributed by atoms with Gasteiger partial charge in [-0.1, -0.05) is 28.1 Å². The first-order valence-corrected chi connectivity index (χ1v) is 8.67. The van der Waals surface area contributed by atoms with Crippen molar-refractivity contribution in [1.82, 2.24) is 0 Å². The van der Waals surface area contributed by atoms with Crippen LogP contribution in [0.15, 0.2) is 56.3 Å². The van der Waals surface area contributed by atoms with Crippen LogP contribution in [0.4, 0.5) is 5.69 Å². The molecule has 0 heterocycles. The average molecular weight is 421 g/mol. The molecule has 2 aromatic carbocycles. The second-order valence-corrected chi connectivity index (χ2v) is 7.46. The average Bonchev–Trinajstić information content (AvgIpc) is 2.41. The Kier molecular flexibility index (Phi) is 4.85. The molecule has 0 aliphatic heterocycles. The number of halogens is 2. The molecule has 0 saturated heterocycles. The van der Waals surface area contributed by atoms with Gasteiger partial charge in [-0.2, -0.15) is 0 Å². The summed E-state index contributed by atoms with van der Waals surface area (Å²) in [5.74, 6) is 0. The summed E-state index contributed by atoms with van der Waals surface area (Å²) in [6, 6.07) is 11.5. The Morgan fingerprint density at radius 2 is 1.85 bits per heavy atom. The number of anilines is 1. The van der Waals surface area contributed by atoms with Gasteiger partial charge < -0.3 is 5.11 Å².